The van der Waals surface area contributed by atoms with Crippen LogP contribution >= 0.6 is 0 Å². The fourth-order valence-corrected chi connectivity index (χ4v) is 5.26. The maximum Gasteiger partial charge on any atom is 0.330 e. The normalized spacial score (nSPS) is 23.2. The number of carbonyl (C=O) groups is 1. The zero-order chi connectivity index (χ0) is 23.8. The van der Waals surface area contributed by atoms with Crippen LogP contribution in [0, 0.1) is 5.82 Å². The number of nitrogens with two attached hydrogens (primary N) is 1. The number of nitrogens with one attached hydrogen (secondary N) is 1. The average Bonchev–Trinajstić information content (AvgIpc) is 3.36. The Kier molecular flexibility index (Phi) is 6.16. The molecule has 2 heterocycles. The lowest BCUT2D eigenvalue weighted by molar-refractivity contribution is 0.247. The minimum atomic E-state index is -0.862. The van der Waals surface area contributed by atoms with Gasteiger partial charge >= 0.3 is 6.03 Å². The maximum absolute atomic E-state index is 14.9. The first-order valence-corrected chi connectivity index (χ1v) is 12.0. The number of urea groups is 1. The van der Waals surface area contributed by atoms with Crippen LogP contribution in [-0.2, 0) is 6.54 Å². The first kappa shape index (κ1) is 22.6. The summed E-state index contributed by atoms with van der Waals surface area (Å²) in [6, 6.07) is 2.73. The summed E-state index contributed by atoms with van der Waals surface area (Å²) in [6.45, 7) is 0.0967. The summed E-state index contributed by atoms with van der Waals surface area (Å²) in [4.78, 5) is 26.0. The van der Waals surface area contributed by atoms with Gasteiger partial charge in [-0.2, -0.15) is 4.98 Å². The van der Waals surface area contributed by atoms with Gasteiger partial charge in [0.15, 0.2) is 11.6 Å². The molecule has 9 nitrogen and oxygen atoms in total. The van der Waals surface area contributed by atoms with Gasteiger partial charge in [-0.25, -0.2) is 14.2 Å². The van der Waals surface area contributed by atoms with Crippen molar-refractivity contribution in [3.8, 4) is 11.5 Å². The Bertz CT molecular complexity index is 1070. The quantitative estimate of drug-likeness (QED) is 0.607. The molecule has 2 fully saturated rings. The molecule has 34 heavy (non-hydrogen) atoms. The molecule has 1 aromatic carbocycles. The first-order chi connectivity index (χ1) is 16.4. The van der Waals surface area contributed by atoms with Crippen LogP contribution in [0.4, 0.5) is 26.6 Å². The highest BCUT2D eigenvalue weighted by Crippen LogP contribution is 2.40. The summed E-state index contributed by atoms with van der Waals surface area (Å²) < 4.78 is 20.1. The zero-order valence-corrected chi connectivity index (χ0v) is 19.3. The number of benzene rings is 1. The summed E-state index contributed by atoms with van der Waals surface area (Å²) in [6.07, 6.45) is 9.31. The largest absolute Gasteiger partial charge is 0.505 e. The van der Waals surface area contributed by atoms with Crippen LogP contribution in [0.15, 0.2) is 18.3 Å². The average molecular weight is 471 g/mol. The Labute approximate surface area is 198 Å². The standard InChI is InChI=1S/C24H31FN6O3/c1-34-18-10-19(21(25)20(32)11-18)30-13-14-12-27-23(28-16-8-6-15(26)7-9-16)29-22(14)31(24(30)33)17-4-2-3-5-17/h10-12,15-17,32H,2-9,13,26H2,1H3,(H,27,28,29). The first-order valence-electron chi connectivity index (χ1n) is 12.0. The SMILES string of the molecule is COc1cc(O)c(F)c(N2Cc3cnc(NC4CCC(N)CC4)nc3N(C3CCCC3)C2=O)c1. The molecule has 1 aliphatic heterocycles. The summed E-state index contributed by atoms with van der Waals surface area (Å²) in [5.41, 5.74) is 6.72. The summed E-state index contributed by atoms with van der Waals surface area (Å²) in [5, 5.41) is 13.5. The van der Waals surface area contributed by atoms with Gasteiger partial charge in [-0.3, -0.25) is 9.80 Å². The van der Waals surface area contributed by atoms with Crippen LogP contribution in [0.2, 0.25) is 0 Å². The van der Waals surface area contributed by atoms with Crippen LogP contribution < -0.4 is 25.6 Å². The fourth-order valence-electron chi connectivity index (χ4n) is 5.26. The summed E-state index contributed by atoms with van der Waals surface area (Å²) in [5.74, 6) is -0.0932. The van der Waals surface area contributed by atoms with Gasteiger partial charge in [-0.1, -0.05) is 12.8 Å². The Morgan fingerprint density at radius 2 is 1.91 bits per heavy atom. The van der Waals surface area contributed by atoms with E-state index in [0.29, 0.717) is 11.8 Å². The number of phenolic OH excluding ortho intramolecular Hbond substituents is 1. The second kappa shape index (κ2) is 9.25. The Hall–Kier alpha value is -3.14. The van der Waals surface area contributed by atoms with Crippen LogP contribution in [0.5, 0.6) is 11.5 Å². The minimum absolute atomic E-state index is 0.0215. The van der Waals surface area contributed by atoms with Crippen molar-refractivity contribution >= 4 is 23.5 Å². The van der Waals surface area contributed by atoms with Gasteiger partial charge in [0, 0.05) is 42.0 Å². The van der Waals surface area contributed by atoms with Crippen LogP contribution in [0.25, 0.3) is 0 Å². The molecule has 2 aliphatic carbocycles. The smallest absolute Gasteiger partial charge is 0.330 e. The minimum Gasteiger partial charge on any atom is -0.505 e. The molecule has 0 radical (unpaired) electrons. The van der Waals surface area contributed by atoms with Gasteiger partial charge < -0.3 is 20.9 Å². The third-order valence-corrected chi connectivity index (χ3v) is 7.16. The Morgan fingerprint density at radius 1 is 1.18 bits per heavy atom. The molecule has 1 aromatic heterocycles. The number of anilines is 3. The second-order valence-electron chi connectivity index (χ2n) is 9.46. The van der Waals surface area contributed by atoms with Gasteiger partial charge in [0.25, 0.3) is 0 Å². The van der Waals surface area contributed by atoms with E-state index in [0.717, 1.165) is 56.9 Å². The van der Waals surface area contributed by atoms with Crippen LogP contribution in [-0.4, -0.2) is 46.3 Å². The molecule has 2 aromatic rings. The molecule has 2 amide bonds. The number of nitrogens with zero attached hydrogens (tertiary/aromatic N) is 4. The zero-order valence-electron chi connectivity index (χ0n) is 19.3. The van der Waals surface area contributed by atoms with E-state index in [-0.39, 0.29) is 42.1 Å². The van der Waals surface area contributed by atoms with Crippen molar-refractivity contribution in [2.75, 3.05) is 22.2 Å². The van der Waals surface area contributed by atoms with Gasteiger partial charge in [0.2, 0.25) is 5.95 Å². The van der Waals surface area contributed by atoms with E-state index >= 15 is 0 Å². The lowest BCUT2D eigenvalue weighted by atomic mass is 9.92. The molecule has 10 heteroatoms. The lowest BCUT2D eigenvalue weighted by Gasteiger charge is -2.39. The van der Waals surface area contributed by atoms with E-state index in [1.54, 1.807) is 11.1 Å². The number of aromatic hydroxyl groups is 1. The molecule has 0 unspecified atom stereocenters. The highest BCUT2D eigenvalue weighted by atomic mass is 19.1. The van der Waals surface area contributed by atoms with Crippen molar-refractivity contribution in [2.24, 2.45) is 5.73 Å². The molecule has 0 spiro atoms. The van der Waals surface area contributed by atoms with Gasteiger partial charge in [0.05, 0.1) is 19.3 Å². The number of aromatic nitrogens is 2. The van der Waals surface area contributed by atoms with E-state index in [2.05, 4.69) is 10.3 Å². The highest BCUT2D eigenvalue weighted by molar-refractivity contribution is 6.06. The molecule has 182 valence electrons. The number of rotatable bonds is 5. The van der Waals surface area contributed by atoms with Crippen LogP contribution in [0.3, 0.4) is 0 Å². The predicted octanol–water partition coefficient (Wildman–Crippen LogP) is 3.90. The van der Waals surface area contributed by atoms with E-state index in [4.69, 9.17) is 15.5 Å². The maximum atomic E-state index is 14.9. The van der Waals surface area contributed by atoms with E-state index in [9.17, 15) is 14.3 Å². The molecular weight excluding hydrogens is 439 g/mol. The molecule has 0 bridgehead atoms. The topological polar surface area (TPSA) is 117 Å². The van der Waals surface area contributed by atoms with Crippen LogP contribution in [0.1, 0.15) is 56.9 Å². The number of phenols is 1. The second-order valence-corrected chi connectivity index (χ2v) is 9.46. The monoisotopic (exact) mass is 470 g/mol. The van der Waals surface area contributed by atoms with Crippen molar-refractivity contribution in [1.29, 1.82) is 0 Å². The fraction of sp³-hybridized carbons (Fsp3) is 0.542. The van der Waals surface area contributed by atoms with E-state index in [1.165, 1.54) is 24.1 Å². The van der Waals surface area contributed by atoms with E-state index in [1.807, 2.05) is 0 Å². The van der Waals surface area contributed by atoms with Crippen molar-refractivity contribution in [3.05, 3.63) is 29.7 Å². The number of hydrogen-bond acceptors (Lipinski definition) is 7. The number of hydrogen-bond donors (Lipinski definition) is 3. The number of fused-ring (bicyclic) bond motifs is 1. The van der Waals surface area contributed by atoms with Gasteiger partial charge in [-0.05, 0) is 38.5 Å². The lowest BCUT2D eigenvalue weighted by Crippen LogP contribution is -2.52. The van der Waals surface area contributed by atoms with Gasteiger partial charge in [0.1, 0.15) is 11.6 Å². The Balaban J connectivity index is 1.50. The number of carbonyl (C=O) groups excluding carboxylic acids is 1. The van der Waals surface area contributed by atoms with Gasteiger partial charge in [-0.15, -0.1) is 0 Å². The van der Waals surface area contributed by atoms with Crippen molar-refractivity contribution in [1.82, 2.24) is 9.97 Å². The third kappa shape index (κ3) is 4.22. The number of methoxy groups -OCH3 is 1. The number of halogens is 1. The predicted molar refractivity (Wildman–Crippen MR) is 127 cm³/mol. The molecule has 5 rings (SSSR count). The third-order valence-electron chi connectivity index (χ3n) is 7.16. The van der Waals surface area contributed by atoms with E-state index < -0.39 is 11.6 Å². The molecular formula is C24H31FN6O3. The summed E-state index contributed by atoms with van der Waals surface area (Å²) >= 11 is 0. The summed E-state index contributed by atoms with van der Waals surface area (Å²) in [7, 11) is 1.43. The van der Waals surface area contributed by atoms with Crippen molar-refractivity contribution < 1.29 is 19.0 Å². The molecule has 2 saturated carbocycles. The van der Waals surface area contributed by atoms with Crippen molar-refractivity contribution in [3.63, 3.8) is 0 Å². The molecule has 0 saturated heterocycles. The Morgan fingerprint density at radius 3 is 2.62 bits per heavy atom. The number of amides is 2. The highest BCUT2D eigenvalue weighted by Gasteiger charge is 2.40. The molecule has 4 N–H and O–H groups in total. The molecule has 3 aliphatic rings. The molecule has 0 atom stereocenters. The van der Waals surface area contributed by atoms with Crippen molar-refractivity contribution in [2.45, 2.75) is 76.0 Å². The number of ether oxygens (including phenoxy) is 1.